The summed E-state index contributed by atoms with van der Waals surface area (Å²) in [5, 5.41) is 20.7. The summed E-state index contributed by atoms with van der Waals surface area (Å²) in [6, 6.07) is 13.3. The monoisotopic (exact) mass is 445 g/mol. The second kappa shape index (κ2) is 9.95. The third kappa shape index (κ3) is 5.00. The Hall–Kier alpha value is -2.23. The molecular formula is C28H35N3O2. The minimum atomic E-state index is -0.799. The first kappa shape index (κ1) is 22.6. The molecule has 3 aliphatic rings. The van der Waals surface area contributed by atoms with E-state index in [1.807, 2.05) is 12.4 Å². The Balaban J connectivity index is 1.31. The number of aliphatic hydroxyl groups is 2. The van der Waals surface area contributed by atoms with Crippen molar-refractivity contribution in [3.05, 3.63) is 65.5 Å². The second-order valence-electron chi connectivity index (χ2n) is 9.99. The highest BCUT2D eigenvalue weighted by Gasteiger charge is 2.49. The van der Waals surface area contributed by atoms with Crippen LogP contribution in [0.5, 0.6) is 0 Å². The number of hydrogen-bond acceptors (Lipinski definition) is 5. The summed E-state index contributed by atoms with van der Waals surface area (Å²) in [5.74, 6) is 6.62. The van der Waals surface area contributed by atoms with Crippen molar-refractivity contribution >= 4 is 0 Å². The molecule has 3 heterocycles. The fourth-order valence-electron chi connectivity index (χ4n) is 5.96. The summed E-state index contributed by atoms with van der Waals surface area (Å²) >= 11 is 0. The molecule has 1 saturated carbocycles. The number of benzene rings is 1. The molecule has 174 valence electrons. The third-order valence-electron chi connectivity index (χ3n) is 7.78. The van der Waals surface area contributed by atoms with Crippen molar-refractivity contribution in [2.75, 3.05) is 26.2 Å². The van der Waals surface area contributed by atoms with Gasteiger partial charge in [0.2, 0.25) is 0 Å². The van der Waals surface area contributed by atoms with E-state index in [1.54, 1.807) is 0 Å². The van der Waals surface area contributed by atoms with Crippen molar-refractivity contribution in [2.24, 2.45) is 0 Å². The van der Waals surface area contributed by atoms with Gasteiger partial charge in [-0.3, -0.25) is 14.8 Å². The summed E-state index contributed by atoms with van der Waals surface area (Å²) < 4.78 is 0. The zero-order valence-electron chi connectivity index (χ0n) is 19.4. The first-order valence-corrected chi connectivity index (χ1v) is 12.5. The lowest BCUT2D eigenvalue weighted by molar-refractivity contribution is -0.0655. The quantitative estimate of drug-likeness (QED) is 0.708. The van der Waals surface area contributed by atoms with E-state index in [9.17, 15) is 10.2 Å². The predicted molar refractivity (Wildman–Crippen MR) is 130 cm³/mol. The average molecular weight is 446 g/mol. The van der Waals surface area contributed by atoms with Crippen LogP contribution in [0.1, 0.15) is 61.1 Å². The maximum Gasteiger partial charge on any atom is 0.125 e. The largest absolute Gasteiger partial charge is 0.395 e. The molecule has 2 N–H and O–H groups in total. The van der Waals surface area contributed by atoms with Gasteiger partial charge in [-0.05, 0) is 87.0 Å². The Morgan fingerprint density at radius 2 is 1.70 bits per heavy atom. The van der Waals surface area contributed by atoms with Gasteiger partial charge in [-0.1, -0.05) is 24.0 Å². The van der Waals surface area contributed by atoms with Crippen molar-refractivity contribution in [1.29, 1.82) is 0 Å². The Kier molecular flexibility index (Phi) is 6.80. The van der Waals surface area contributed by atoms with E-state index >= 15 is 0 Å². The number of nitrogens with zero attached hydrogens (tertiary/aromatic N) is 3. The number of fused-ring (bicyclic) bond motifs is 1. The molecule has 2 aliphatic heterocycles. The number of aliphatic hydroxyl groups excluding tert-OH is 1. The van der Waals surface area contributed by atoms with Gasteiger partial charge in [0.25, 0.3) is 0 Å². The van der Waals surface area contributed by atoms with Gasteiger partial charge < -0.3 is 10.2 Å². The Bertz CT molecular complexity index is 976. The third-order valence-corrected chi connectivity index (χ3v) is 7.78. The molecule has 0 amide bonds. The lowest BCUT2D eigenvalue weighted by atomic mass is 9.74. The van der Waals surface area contributed by atoms with Crippen LogP contribution >= 0.6 is 0 Å². The average Bonchev–Trinajstić information content (AvgIpc) is 3.26. The molecule has 5 heteroatoms. The Labute approximate surface area is 197 Å². The van der Waals surface area contributed by atoms with Crippen LogP contribution in [0.2, 0.25) is 0 Å². The summed E-state index contributed by atoms with van der Waals surface area (Å²) in [6.07, 6.45) is 9.79. The van der Waals surface area contributed by atoms with Crippen molar-refractivity contribution < 1.29 is 10.2 Å². The molecule has 0 radical (unpaired) electrons. The van der Waals surface area contributed by atoms with Gasteiger partial charge >= 0.3 is 0 Å². The van der Waals surface area contributed by atoms with Crippen molar-refractivity contribution in [2.45, 2.75) is 68.7 Å². The normalized spacial score (nSPS) is 27.5. The van der Waals surface area contributed by atoms with Gasteiger partial charge in [0.05, 0.1) is 6.61 Å². The second-order valence-corrected chi connectivity index (χ2v) is 9.99. The molecule has 1 aromatic carbocycles. The van der Waals surface area contributed by atoms with Crippen molar-refractivity contribution in [3.63, 3.8) is 0 Å². The van der Waals surface area contributed by atoms with Gasteiger partial charge in [-0.2, -0.15) is 0 Å². The van der Waals surface area contributed by atoms with Gasteiger partial charge in [-0.15, -0.1) is 0 Å². The van der Waals surface area contributed by atoms with E-state index in [0.717, 1.165) is 57.4 Å². The van der Waals surface area contributed by atoms with Crippen LogP contribution in [0.3, 0.4) is 0 Å². The fraction of sp³-hybridized carbons (Fsp3) is 0.536. The molecular weight excluding hydrogens is 410 g/mol. The molecule has 0 bridgehead atoms. The maximum absolute atomic E-state index is 10.5. The van der Waals surface area contributed by atoms with E-state index in [0.29, 0.717) is 12.0 Å². The molecule has 0 spiro atoms. The van der Waals surface area contributed by atoms with Crippen LogP contribution in [-0.2, 0) is 6.54 Å². The molecule has 3 fully saturated rings. The highest BCUT2D eigenvalue weighted by Crippen LogP contribution is 2.42. The Morgan fingerprint density at radius 1 is 0.970 bits per heavy atom. The first-order chi connectivity index (χ1) is 16.1. The number of pyridine rings is 1. The van der Waals surface area contributed by atoms with E-state index in [4.69, 9.17) is 0 Å². The Morgan fingerprint density at radius 3 is 2.42 bits per heavy atom. The molecule has 1 aliphatic carbocycles. The maximum atomic E-state index is 10.5. The summed E-state index contributed by atoms with van der Waals surface area (Å²) in [4.78, 5) is 9.24. The minimum Gasteiger partial charge on any atom is -0.395 e. The summed E-state index contributed by atoms with van der Waals surface area (Å²) in [5.41, 5.74) is 2.74. The zero-order chi connectivity index (χ0) is 22.7. The van der Waals surface area contributed by atoms with E-state index in [1.165, 1.54) is 24.0 Å². The van der Waals surface area contributed by atoms with Crippen LogP contribution in [0.15, 0.2) is 48.8 Å². The van der Waals surface area contributed by atoms with Crippen molar-refractivity contribution in [1.82, 2.24) is 14.8 Å². The van der Waals surface area contributed by atoms with Gasteiger partial charge in [0.1, 0.15) is 5.60 Å². The van der Waals surface area contributed by atoms with Crippen molar-refractivity contribution in [3.8, 4) is 11.8 Å². The molecule has 5 rings (SSSR count). The molecule has 33 heavy (non-hydrogen) atoms. The smallest absolute Gasteiger partial charge is 0.125 e. The molecule has 1 aromatic heterocycles. The fourth-order valence-corrected chi connectivity index (χ4v) is 5.96. The molecule has 2 aromatic rings. The van der Waals surface area contributed by atoms with Crippen LogP contribution in [0.4, 0.5) is 0 Å². The van der Waals surface area contributed by atoms with Gasteiger partial charge in [-0.25, -0.2) is 0 Å². The standard InChI is InChI=1S/C28H35N3O2/c32-21-26-27(24-7-5-22(6-8-24)9-14-28(33)12-1-2-13-28)25-20-30(17-3-4-18-31(25)26)19-23-10-15-29-16-11-23/h5-8,10-11,15-16,25-27,32-33H,1-4,12-13,17-21H2/t25-,26+,27+/m0/s1. The highest BCUT2D eigenvalue weighted by atomic mass is 16.3. The summed E-state index contributed by atoms with van der Waals surface area (Å²) in [7, 11) is 0. The number of aromatic nitrogens is 1. The zero-order valence-corrected chi connectivity index (χ0v) is 19.4. The number of hydrogen-bond donors (Lipinski definition) is 2. The minimum absolute atomic E-state index is 0.187. The van der Waals surface area contributed by atoms with Crippen LogP contribution < -0.4 is 0 Å². The molecule has 3 atom stereocenters. The van der Waals surface area contributed by atoms with E-state index in [2.05, 4.69) is 63.0 Å². The van der Waals surface area contributed by atoms with E-state index < -0.39 is 5.60 Å². The van der Waals surface area contributed by atoms with Crippen LogP contribution in [0, 0.1) is 11.8 Å². The first-order valence-electron chi connectivity index (χ1n) is 12.5. The van der Waals surface area contributed by atoms with E-state index in [-0.39, 0.29) is 12.6 Å². The topological polar surface area (TPSA) is 59.8 Å². The molecule has 2 saturated heterocycles. The lowest BCUT2D eigenvalue weighted by Gasteiger charge is -2.57. The predicted octanol–water partition coefficient (Wildman–Crippen LogP) is 3.16. The SMILES string of the molecule is OC[C@@H]1[C@H](c2ccc(C#CC3(O)CCCC3)cc2)[C@@H]2CN(Cc3ccncc3)CCCCN12. The highest BCUT2D eigenvalue weighted by molar-refractivity contribution is 5.40. The lowest BCUT2D eigenvalue weighted by Crippen LogP contribution is -2.67. The van der Waals surface area contributed by atoms with Crippen LogP contribution in [0.25, 0.3) is 0 Å². The van der Waals surface area contributed by atoms with Gasteiger partial charge in [0.15, 0.2) is 0 Å². The summed E-state index contributed by atoms with van der Waals surface area (Å²) in [6.45, 7) is 4.33. The molecule has 5 nitrogen and oxygen atoms in total. The van der Waals surface area contributed by atoms with Gasteiger partial charge in [0, 0.05) is 49.0 Å². The molecule has 0 unspecified atom stereocenters. The number of rotatable bonds is 4. The van der Waals surface area contributed by atoms with Crippen LogP contribution in [-0.4, -0.2) is 68.9 Å².